The topological polar surface area (TPSA) is 29.1 Å². The van der Waals surface area contributed by atoms with Gasteiger partial charge in [-0.25, -0.2) is 4.39 Å². The van der Waals surface area contributed by atoms with Crippen LogP contribution in [0, 0.1) is 0 Å². The van der Waals surface area contributed by atoms with Crippen LogP contribution < -0.4 is 5.32 Å². The van der Waals surface area contributed by atoms with E-state index in [1.165, 1.54) is 5.57 Å². The number of allylic oxidation sites excluding steroid dienone is 1. The Bertz CT molecular complexity index is 225. The van der Waals surface area contributed by atoms with Gasteiger partial charge in [0, 0.05) is 6.54 Å². The van der Waals surface area contributed by atoms with Crippen molar-refractivity contribution in [3.05, 3.63) is 11.6 Å². The van der Waals surface area contributed by atoms with Crippen molar-refractivity contribution in [3.8, 4) is 0 Å². The maximum atomic E-state index is 12.2. The van der Waals surface area contributed by atoms with Gasteiger partial charge in [0.15, 0.2) is 0 Å². The molecule has 0 aromatic rings. The molecule has 1 fully saturated rings. The minimum atomic E-state index is -1.93. The molecule has 1 atom stereocenters. The van der Waals surface area contributed by atoms with Crippen molar-refractivity contribution in [2.75, 3.05) is 18.1 Å². The number of rotatable bonds is 3. The molecular weight excluding hydrogens is 225 g/mol. The summed E-state index contributed by atoms with van der Waals surface area (Å²) in [6, 6.07) is 0. The van der Waals surface area contributed by atoms with Gasteiger partial charge in [0.05, 0.1) is 0 Å². The van der Waals surface area contributed by atoms with Crippen LogP contribution in [-0.2, 0) is 4.79 Å². The normalized spacial score (nSPS) is 18.9. The Labute approximate surface area is 92.3 Å². The Morgan fingerprint density at radius 2 is 2.29 bits per heavy atom. The minimum absolute atomic E-state index is 0.381. The first-order valence-electron chi connectivity index (χ1n) is 4.51. The Hall–Kier alpha value is -0.220. The molecule has 5 heteroatoms. The summed E-state index contributed by atoms with van der Waals surface area (Å²) in [5.74, 6) is 1.52. The van der Waals surface area contributed by atoms with E-state index < -0.39 is 11.5 Å². The Kier molecular flexibility index (Phi) is 5.33. The average molecular weight is 238 g/mol. The number of hydrogen-bond donors (Lipinski definition) is 1. The molecule has 1 unspecified atom stereocenters. The maximum Gasteiger partial charge on any atom is 0.270 e. The van der Waals surface area contributed by atoms with Crippen LogP contribution in [0.5, 0.6) is 0 Å². The molecule has 0 saturated carbocycles. The maximum absolute atomic E-state index is 12.2. The molecule has 2 nitrogen and oxygen atoms in total. The van der Waals surface area contributed by atoms with Crippen molar-refractivity contribution in [1.82, 2.24) is 5.32 Å². The van der Waals surface area contributed by atoms with Gasteiger partial charge in [-0.3, -0.25) is 4.79 Å². The Balaban J connectivity index is 2.21. The van der Waals surface area contributed by atoms with E-state index in [1.807, 2.05) is 17.8 Å². The van der Waals surface area contributed by atoms with Gasteiger partial charge in [-0.2, -0.15) is 11.8 Å². The van der Waals surface area contributed by atoms with Gasteiger partial charge in [-0.05, 0) is 24.3 Å². The van der Waals surface area contributed by atoms with Crippen LogP contribution in [-0.4, -0.2) is 29.6 Å². The summed E-state index contributed by atoms with van der Waals surface area (Å²) < 4.78 is 12.2. The number of carbonyl (C=O) groups excluding carboxylic acids is 1. The summed E-state index contributed by atoms with van der Waals surface area (Å²) in [5.41, 5.74) is -0.593. The fourth-order valence-electron chi connectivity index (χ4n) is 1.21. The zero-order valence-electron chi connectivity index (χ0n) is 7.76. The summed E-state index contributed by atoms with van der Waals surface area (Å²) in [6.45, 7) is 0.381. The zero-order chi connectivity index (χ0) is 10.4. The van der Waals surface area contributed by atoms with E-state index in [2.05, 4.69) is 5.32 Å². The molecule has 80 valence electrons. The molecule has 1 rings (SSSR count). The van der Waals surface area contributed by atoms with Crippen molar-refractivity contribution < 1.29 is 9.18 Å². The lowest BCUT2D eigenvalue weighted by Gasteiger charge is -2.13. The summed E-state index contributed by atoms with van der Waals surface area (Å²) >= 11 is 6.88. The second-order valence-electron chi connectivity index (χ2n) is 3.02. The van der Waals surface area contributed by atoms with E-state index in [4.69, 9.17) is 11.6 Å². The fourth-order valence-corrected chi connectivity index (χ4v) is 2.31. The third-order valence-electron chi connectivity index (χ3n) is 2.00. The van der Waals surface area contributed by atoms with Gasteiger partial charge in [-0.15, -0.1) is 0 Å². The van der Waals surface area contributed by atoms with E-state index in [1.54, 1.807) is 0 Å². The standard InChI is InChI=1S/C9H13ClFNOS/c10-8(11)9(13)12-4-1-7-2-5-14-6-3-7/h1,8H,2-6H2,(H,12,13). The zero-order valence-corrected chi connectivity index (χ0v) is 9.34. The van der Waals surface area contributed by atoms with E-state index in [0.29, 0.717) is 6.54 Å². The van der Waals surface area contributed by atoms with Crippen LogP contribution in [0.25, 0.3) is 0 Å². The molecule has 0 aliphatic carbocycles. The second-order valence-corrected chi connectivity index (χ2v) is 4.63. The van der Waals surface area contributed by atoms with Gasteiger partial charge >= 0.3 is 0 Å². The third kappa shape index (κ3) is 4.33. The van der Waals surface area contributed by atoms with Gasteiger partial charge in [0.1, 0.15) is 0 Å². The number of nitrogens with one attached hydrogen (secondary N) is 1. The van der Waals surface area contributed by atoms with Crippen molar-refractivity contribution >= 4 is 29.3 Å². The van der Waals surface area contributed by atoms with Crippen LogP contribution in [0.4, 0.5) is 4.39 Å². The molecule has 0 radical (unpaired) electrons. The molecule has 1 aliphatic heterocycles. The lowest BCUT2D eigenvalue weighted by Crippen LogP contribution is -2.29. The average Bonchev–Trinajstić information content (AvgIpc) is 2.19. The quantitative estimate of drug-likeness (QED) is 0.602. The van der Waals surface area contributed by atoms with Gasteiger partial charge in [-0.1, -0.05) is 23.3 Å². The Morgan fingerprint density at radius 1 is 1.64 bits per heavy atom. The number of thioether (sulfide) groups is 1. The summed E-state index contributed by atoms with van der Waals surface area (Å²) in [4.78, 5) is 10.7. The van der Waals surface area contributed by atoms with Crippen LogP contribution in [0.2, 0.25) is 0 Å². The first kappa shape index (κ1) is 11.9. The first-order chi connectivity index (χ1) is 6.70. The van der Waals surface area contributed by atoms with E-state index in [-0.39, 0.29) is 0 Å². The molecule has 1 aliphatic rings. The van der Waals surface area contributed by atoms with Crippen molar-refractivity contribution in [1.29, 1.82) is 0 Å². The minimum Gasteiger partial charge on any atom is -0.349 e. The SMILES string of the molecule is O=C(NCC=C1CCSCC1)C(F)Cl. The van der Waals surface area contributed by atoms with Crippen LogP contribution >= 0.6 is 23.4 Å². The van der Waals surface area contributed by atoms with Gasteiger partial charge in [0.2, 0.25) is 0 Å². The molecule has 14 heavy (non-hydrogen) atoms. The number of halogens is 2. The molecule has 0 aromatic heterocycles. The monoisotopic (exact) mass is 237 g/mol. The first-order valence-corrected chi connectivity index (χ1v) is 6.11. The largest absolute Gasteiger partial charge is 0.349 e. The van der Waals surface area contributed by atoms with E-state index in [0.717, 1.165) is 24.3 Å². The molecule has 1 amide bonds. The third-order valence-corrected chi connectivity index (χ3v) is 3.18. The second kappa shape index (κ2) is 6.30. The smallest absolute Gasteiger partial charge is 0.270 e. The highest BCUT2D eigenvalue weighted by molar-refractivity contribution is 7.99. The molecule has 0 bridgehead atoms. The van der Waals surface area contributed by atoms with Gasteiger partial charge in [0.25, 0.3) is 11.5 Å². The molecule has 1 saturated heterocycles. The van der Waals surface area contributed by atoms with Crippen LogP contribution in [0.1, 0.15) is 12.8 Å². The molecule has 1 N–H and O–H groups in total. The number of hydrogen-bond acceptors (Lipinski definition) is 2. The van der Waals surface area contributed by atoms with Gasteiger partial charge < -0.3 is 5.32 Å². The summed E-state index contributed by atoms with van der Waals surface area (Å²) in [6.07, 6.45) is 4.10. The number of alkyl halides is 2. The molecule has 0 spiro atoms. The number of amides is 1. The van der Waals surface area contributed by atoms with Crippen LogP contribution in [0.15, 0.2) is 11.6 Å². The lowest BCUT2D eigenvalue weighted by molar-refractivity contribution is -0.123. The van der Waals surface area contributed by atoms with Crippen molar-refractivity contribution in [2.24, 2.45) is 0 Å². The van der Waals surface area contributed by atoms with E-state index in [9.17, 15) is 9.18 Å². The van der Waals surface area contributed by atoms with Crippen LogP contribution in [0.3, 0.4) is 0 Å². The number of carbonyl (C=O) groups is 1. The highest BCUT2D eigenvalue weighted by Gasteiger charge is 2.11. The highest BCUT2D eigenvalue weighted by atomic mass is 35.5. The predicted molar refractivity (Wildman–Crippen MR) is 58.4 cm³/mol. The summed E-state index contributed by atoms with van der Waals surface area (Å²) in [7, 11) is 0. The lowest BCUT2D eigenvalue weighted by atomic mass is 10.1. The molecule has 0 aromatic carbocycles. The molecule has 1 heterocycles. The van der Waals surface area contributed by atoms with E-state index >= 15 is 0 Å². The summed E-state index contributed by atoms with van der Waals surface area (Å²) in [5, 5.41) is 2.40. The Morgan fingerprint density at radius 3 is 2.86 bits per heavy atom. The molecular formula is C9H13ClFNOS. The predicted octanol–water partition coefficient (Wildman–Crippen LogP) is 2.09. The highest BCUT2D eigenvalue weighted by Crippen LogP contribution is 2.21. The fraction of sp³-hybridized carbons (Fsp3) is 0.667. The van der Waals surface area contributed by atoms with Crippen molar-refractivity contribution in [3.63, 3.8) is 0 Å². The van der Waals surface area contributed by atoms with Crippen molar-refractivity contribution in [2.45, 2.75) is 18.5 Å².